The van der Waals surface area contributed by atoms with E-state index in [1.165, 1.54) is 0 Å². The molecule has 1 amide bonds. The number of amides is 1. The van der Waals surface area contributed by atoms with Crippen LogP contribution in [0.4, 0.5) is 5.69 Å². The van der Waals surface area contributed by atoms with Gasteiger partial charge in [-0.25, -0.2) is 9.50 Å². The van der Waals surface area contributed by atoms with Crippen molar-refractivity contribution in [1.29, 1.82) is 0 Å². The quantitative estimate of drug-likeness (QED) is 0.655. The zero-order valence-electron chi connectivity index (χ0n) is 11.0. The molecule has 0 aliphatic rings. The number of carbonyl (C=O) groups is 1. The van der Waals surface area contributed by atoms with Gasteiger partial charge in [0, 0.05) is 9.13 Å². The number of aromatic nitrogens is 3. The van der Waals surface area contributed by atoms with Gasteiger partial charge in [0.1, 0.15) is 5.82 Å². The molecule has 7 heteroatoms. The first-order chi connectivity index (χ1) is 10.0. The third-order valence-corrected chi connectivity index (χ3v) is 4.42. The molecule has 2 aromatic heterocycles. The van der Waals surface area contributed by atoms with Crippen molar-refractivity contribution < 1.29 is 4.79 Å². The number of rotatable bonds is 2. The van der Waals surface area contributed by atoms with E-state index >= 15 is 0 Å². The standard InChI is InChI=1S/C14H10ClIN4O/c1-8-17-13-5-3-10(7-20(13)19-8)18-14(21)9-2-4-11(15)12(16)6-9/h2-7H,1H3,(H,18,21). The molecule has 106 valence electrons. The lowest BCUT2D eigenvalue weighted by Gasteiger charge is -2.06. The summed E-state index contributed by atoms with van der Waals surface area (Å²) >= 11 is 8.05. The summed E-state index contributed by atoms with van der Waals surface area (Å²) in [5, 5.41) is 7.68. The second-order valence-corrected chi connectivity index (χ2v) is 6.03. The van der Waals surface area contributed by atoms with E-state index in [9.17, 15) is 4.79 Å². The van der Waals surface area contributed by atoms with Crippen LogP contribution in [0.3, 0.4) is 0 Å². The first-order valence-corrected chi connectivity index (χ1v) is 7.58. The van der Waals surface area contributed by atoms with Crippen LogP contribution in [0.1, 0.15) is 16.2 Å². The fraction of sp³-hybridized carbons (Fsp3) is 0.0714. The summed E-state index contributed by atoms with van der Waals surface area (Å²) in [7, 11) is 0. The Bertz CT molecular complexity index is 846. The largest absolute Gasteiger partial charge is 0.321 e. The zero-order chi connectivity index (χ0) is 15.0. The number of pyridine rings is 1. The van der Waals surface area contributed by atoms with Gasteiger partial charge in [-0.15, -0.1) is 0 Å². The van der Waals surface area contributed by atoms with Gasteiger partial charge in [-0.3, -0.25) is 4.79 Å². The van der Waals surface area contributed by atoms with Gasteiger partial charge in [-0.05, 0) is 59.8 Å². The lowest BCUT2D eigenvalue weighted by molar-refractivity contribution is 0.102. The predicted molar refractivity (Wildman–Crippen MR) is 89.8 cm³/mol. The summed E-state index contributed by atoms with van der Waals surface area (Å²) in [4.78, 5) is 16.5. The first kappa shape index (κ1) is 14.3. The van der Waals surface area contributed by atoms with Gasteiger partial charge in [-0.1, -0.05) is 11.6 Å². The Labute approximate surface area is 139 Å². The third-order valence-electron chi connectivity index (χ3n) is 2.88. The number of hydrogen-bond donors (Lipinski definition) is 1. The van der Waals surface area contributed by atoms with Crippen LogP contribution in [0.5, 0.6) is 0 Å². The molecule has 0 saturated carbocycles. The average molecular weight is 413 g/mol. The van der Waals surface area contributed by atoms with E-state index in [0.29, 0.717) is 22.1 Å². The van der Waals surface area contributed by atoms with Crippen LogP contribution in [0, 0.1) is 10.5 Å². The summed E-state index contributed by atoms with van der Waals surface area (Å²) < 4.78 is 2.47. The van der Waals surface area contributed by atoms with Crippen LogP contribution in [0.2, 0.25) is 5.02 Å². The number of halogens is 2. The van der Waals surface area contributed by atoms with Crippen molar-refractivity contribution >= 4 is 51.4 Å². The highest BCUT2D eigenvalue weighted by Crippen LogP contribution is 2.20. The maximum atomic E-state index is 12.2. The third kappa shape index (κ3) is 3.01. The lowest BCUT2D eigenvalue weighted by atomic mass is 10.2. The number of anilines is 1. The van der Waals surface area contributed by atoms with E-state index in [1.54, 1.807) is 41.0 Å². The van der Waals surface area contributed by atoms with E-state index in [0.717, 1.165) is 9.22 Å². The van der Waals surface area contributed by atoms with Crippen molar-refractivity contribution in [2.75, 3.05) is 5.32 Å². The summed E-state index contributed by atoms with van der Waals surface area (Å²) in [6, 6.07) is 8.75. The van der Waals surface area contributed by atoms with E-state index < -0.39 is 0 Å². The molecule has 3 rings (SSSR count). The molecule has 2 heterocycles. The molecule has 0 unspecified atom stereocenters. The molecule has 0 fully saturated rings. The molecule has 0 aliphatic heterocycles. The maximum Gasteiger partial charge on any atom is 0.255 e. The minimum Gasteiger partial charge on any atom is -0.321 e. The van der Waals surface area contributed by atoms with Crippen LogP contribution in [-0.4, -0.2) is 20.5 Å². The highest BCUT2D eigenvalue weighted by Gasteiger charge is 2.09. The number of fused-ring (bicyclic) bond motifs is 1. The number of nitrogens with one attached hydrogen (secondary N) is 1. The Morgan fingerprint density at radius 3 is 2.90 bits per heavy atom. The van der Waals surface area contributed by atoms with Gasteiger partial charge < -0.3 is 5.32 Å². The molecule has 0 radical (unpaired) electrons. The zero-order valence-corrected chi connectivity index (χ0v) is 13.9. The van der Waals surface area contributed by atoms with Crippen molar-refractivity contribution in [1.82, 2.24) is 14.6 Å². The summed E-state index contributed by atoms with van der Waals surface area (Å²) in [6.45, 7) is 1.82. The van der Waals surface area contributed by atoms with Crippen molar-refractivity contribution in [3.8, 4) is 0 Å². The number of benzene rings is 1. The topological polar surface area (TPSA) is 59.3 Å². The van der Waals surface area contributed by atoms with Gasteiger partial charge in [0.05, 0.1) is 16.9 Å². The van der Waals surface area contributed by atoms with E-state index in [-0.39, 0.29) is 5.91 Å². The van der Waals surface area contributed by atoms with Crippen LogP contribution in [0.15, 0.2) is 36.5 Å². The SMILES string of the molecule is Cc1nc2ccc(NC(=O)c3ccc(Cl)c(I)c3)cn2n1. The van der Waals surface area contributed by atoms with Gasteiger partial charge in [0.25, 0.3) is 5.91 Å². The summed E-state index contributed by atoms with van der Waals surface area (Å²) in [5.41, 5.74) is 1.95. The van der Waals surface area contributed by atoms with E-state index in [1.807, 2.05) is 6.92 Å². The second-order valence-electron chi connectivity index (χ2n) is 4.46. The fourth-order valence-electron chi connectivity index (χ4n) is 1.91. The molecule has 0 atom stereocenters. The fourth-order valence-corrected chi connectivity index (χ4v) is 2.54. The minimum absolute atomic E-state index is 0.194. The summed E-state index contributed by atoms with van der Waals surface area (Å²) in [6.07, 6.45) is 1.73. The van der Waals surface area contributed by atoms with Gasteiger partial charge in [-0.2, -0.15) is 5.10 Å². The first-order valence-electron chi connectivity index (χ1n) is 6.12. The molecule has 1 aromatic carbocycles. The Balaban J connectivity index is 1.86. The molecule has 3 aromatic rings. The van der Waals surface area contributed by atoms with Crippen molar-refractivity contribution in [3.63, 3.8) is 0 Å². The minimum atomic E-state index is -0.194. The molecule has 0 saturated heterocycles. The van der Waals surface area contributed by atoms with Crippen LogP contribution in [-0.2, 0) is 0 Å². The van der Waals surface area contributed by atoms with Gasteiger partial charge >= 0.3 is 0 Å². The molecule has 21 heavy (non-hydrogen) atoms. The Hall–Kier alpha value is -1.67. The van der Waals surface area contributed by atoms with Crippen molar-refractivity contribution in [2.45, 2.75) is 6.92 Å². The normalized spacial score (nSPS) is 10.8. The molecule has 0 spiro atoms. The Morgan fingerprint density at radius 1 is 1.33 bits per heavy atom. The predicted octanol–water partition coefficient (Wildman–Crippen LogP) is 3.55. The molecular formula is C14H10ClIN4O. The van der Waals surface area contributed by atoms with Gasteiger partial charge in [0.15, 0.2) is 5.65 Å². The Morgan fingerprint density at radius 2 is 2.14 bits per heavy atom. The molecule has 5 nitrogen and oxygen atoms in total. The molecule has 1 N–H and O–H groups in total. The maximum absolute atomic E-state index is 12.2. The average Bonchev–Trinajstić information content (AvgIpc) is 2.81. The highest BCUT2D eigenvalue weighted by molar-refractivity contribution is 14.1. The summed E-state index contributed by atoms with van der Waals surface area (Å²) in [5.74, 6) is 0.492. The van der Waals surface area contributed by atoms with Crippen molar-refractivity contribution in [2.24, 2.45) is 0 Å². The smallest absolute Gasteiger partial charge is 0.255 e. The van der Waals surface area contributed by atoms with Crippen molar-refractivity contribution in [3.05, 3.63) is 56.5 Å². The second kappa shape index (κ2) is 5.61. The van der Waals surface area contributed by atoms with Crippen LogP contribution >= 0.6 is 34.2 Å². The number of aryl methyl sites for hydroxylation is 1. The number of nitrogens with zero attached hydrogens (tertiary/aromatic N) is 3. The molecule has 0 aliphatic carbocycles. The van der Waals surface area contributed by atoms with Crippen LogP contribution < -0.4 is 5.32 Å². The molecular weight excluding hydrogens is 403 g/mol. The molecule has 0 bridgehead atoms. The Kier molecular flexibility index (Phi) is 3.81. The lowest BCUT2D eigenvalue weighted by Crippen LogP contribution is -2.12. The monoisotopic (exact) mass is 412 g/mol. The van der Waals surface area contributed by atoms with E-state index in [4.69, 9.17) is 11.6 Å². The van der Waals surface area contributed by atoms with Crippen LogP contribution in [0.25, 0.3) is 5.65 Å². The number of carbonyl (C=O) groups excluding carboxylic acids is 1. The highest BCUT2D eigenvalue weighted by atomic mass is 127. The van der Waals surface area contributed by atoms with E-state index in [2.05, 4.69) is 38.0 Å². The number of hydrogen-bond acceptors (Lipinski definition) is 3. The van der Waals surface area contributed by atoms with Gasteiger partial charge in [0.2, 0.25) is 0 Å².